The molecule has 0 radical (unpaired) electrons. The second-order valence-corrected chi connectivity index (χ2v) is 6.61. The third kappa shape index (κ3) is 3.18. The number of aryl methyl sites for hydroxylation is 1. The number of rotatable bonds is 5. The van der Waals surface area contributed by atoms with Gasteiger partial charge >= 0.3 is 0 Å². The fourth-order valence-electron chi connectivity index (χ4n) is 2.54. The Kier molecular flexibility index (Phi) is 3.85. The lowest BCUT2D eigenvalue weighted by Gasteiger charge is -2.17. The lowest BCUT2D eigenvalue weighted by Crippen LogP contribution is -2.24. The van der Waals surface area contributed by atoms with Gasteiger partial charge in [0.25, 0.3) is 5.56 Å². The zero-order valence-corrected chi connectivity index (χ0v) is 13.6. The highest BCUT2D eigenvalue weighted by Gasteiger charge is 2.42. The van der Waals surface area contributed by atoms with Gasteiger partial charge in [-0.1, -0.05) is 30.3 Å². The molecule has 3 rings (SSSR count). The van der Waals surface area contributed by atoms with Crippen LogP contribution in [0.2, 0.25) is 0 Å². The molecule has 0 saturated heterocycles. The predicted molar refractivity (Wildman–Crippen MR) is 87.5 cm³/mol. The van der Waals surface area contributed by atoms with Crippen molar-refractivity contribution in [3.05, 3.63) is 56.9 Å². The number of halogens is 1. The number of nitrogens with zero attached hydrogens (tertiary/aromatic N) is 2. The fraction of sp³-hybridized carbons (Fsp3) is 0.375. The van der Waals surface area contributed by atoms with Gasteiger partial charge in [0.2, 0.25) is 0 Å². The monoisotopic (exact) mass is 347 g/mol. The number of hydrogen-bond donors (Lipinski definition) is 1. The third-order valence-corrected chi connectivity index (χ3v) is 4.88. The Hall–Kier alpha value is -1.62. The summed E-state index contributed by atoms with van der Waals surface area (Å²) >= 11 is 3.35. The maximum Gasteiger partial charge on any atom is 0.282 e. The lowest BCUT2D eigenvalue weighted by atomic mass is 9.96. The van der Waals surface area contributed by atoms with Gasteiger partial charge in [0, 0.05) is 13.6 Å². The molecule has 1 saturated carbocycles. The van der Waals surface area contributed by atoms with E-state index in [-0.39, 0.29) is 5.56 Å². The Morgan fingerprint density at radius 1 is 1.33 bits per heavy atom. The first-order valence-electron chi connectivity index (χ1n) is 7.09. The Bertz CT molecular complexity index is 692. The third-order valence-electron chi connectivity index (χ3n) is 4.11. The van der Waals surface area contributed by atoms with E-state index in [1.807, 2.05) is 6.07 Å². The number of benzene rings is 1. The van der Waals surface area contributed by atoms with E-state index >= 15 is 0 Å². The normalized spacial score (nSPS) is 15.7. The van der Waals surface area contributed by atoms with Gasteiger partial charge in [-0.05, 0) is 46.2 Å². The molecule has 0 unspecified atom stereocenters. The van der Waals surface area contributed by atoms with Crippen molar-refractivity contribution in [2.24, 2.45) is 12.5 Å². The number of anilines is 1. The van der Waals surface area contributed by atoms with Crippen LogP contribution in [0.4, 0.5) is 5.69 Å². The predicted octanol–water partition coefficient (Wildman–Crippen LogP) is 2.98. The van der Waals surface area contributed by atoms with E-state index in [0.29, 0.717) is 9.89 Å². The van der Waals surface area contributed by atoms with E-state index in [9.17, 15) is 4.79 Å². The molecule has 0 bridgehead atoms. The van der Waals surface area contributed by atoms with Gasteiger partial charge in [-0.25, -0.2) is 4.68 Å². The SMILES string of the molecule is Cn1ncc(NCC2(Cc3ccccc3)CC2)c(Br)c1=O. The fourth-order valence-corrected chi connectivity index (χ4v) is 3.04. The van der Waals surface area contributed by atoms with Crippen LogP contribution in [0.15, 0.2) is 45.8 Å². The van der Waals surface area contributed by atoms with Crippen LogP contribution in [0.1, 0.15) is 18.4 Å². The maximum atomic E-state index is 11.8. The van der Waals surface area contributed by atoms with Crippen molar-refractivity contribution in [2.45, 2.75) is 19.3 Å². The first-order valence-corrected chi connectivity index (χ1v) is 7.89. The van der Waals surface area contributed by atoms with Crippen LogP contribution in [0.3, 0.4) is 0 Å². The van der Waals surface area contributed by atoms with Crippen LogP contribution in [0.25, 0.3) is 0 Å². The number of aromatic nitrogens is 2. The molecule has 2 aromatic rings. The highest BCUT2D eigenvalue weighted by Crippen LogP contribution is 2.48. The molecule has 1 aromatic carbocycles. The van der Waals surface area contributed by atoms with E-state index in [0.717, 1.165) is 18.7 Å². The first kappa shape index (κ1) is 14.3. The van der Waals surface area contributed by atoms with E-state index in [1.165, 1.54) is 23.1 Å². The molecule has 1 fully saturated rings. The van der Waals surface area contributed by atoms with Gasteiger partial charge in [0.1, 0.15) is 4.47 Å². The molecule has 1 aliphatic rings. The van der Waals surface area contributed by atoms with E-state index in [4.69, 9.17) is 0 Å². The Morgan fingerprint density at radius 3 is 2.71 bits per heavy atom. The molecule has 0 aliphatic heterocycles. The molecule has 1 N–H and O–H groups in total. The van der Waals surface area contributed by atoms with Crippen molar-refractivity contribution < 1.29 is 0 Å². The van der Waals surface area contributed by atoms with Crippen LogP contribution >= 0.6 is 15.9 Å². The van der Waals surface area contributed by atoms with Crippen LogP contribution in [-0.2, 0) is 13.5 Å². The Morgan fingerprint density at radius 2 is 2.05 bits per heavy atom. The van der Waals surface area contributed by atoms with Gasteiger partial charge in [0.05, 0.1) is 11.9 Å². The Balaban J connectivity index is 1.68. The summed E-state index contributed by atoms with van der Waals surface area (Å²) < 4.78 is 1.88. The minimum Gasteiger partial charge on any atom is -0.382 e. The summed E-state index contributed by atoms with van der Waals surface area (Å²) in [6, 6.07) is 10.6. The second-order valence-electron chi connectivity index (χ2n) is 5.82. The van der Waals surface area contributed by atoms with Crippen molar-refractivity contribution in [2.75, 3.05) is 11.9 Å². The van der Waals surface area contributed by atoms with Crippen molar-refractivity contribution in [1.29, 1.82) is 0 Å². The Labute approximate surface area is 132 Å². The summed E-state index contributed by atoms with van der Waals surface area (Å²) in [4.78, 5) is 11.8. The largest absolute Gasteiger partial charge is 0.382 e. The summed E-state index contributed by atoms with van der Waals surface area (Å²) in [7, 11) is 1.65. The van der Waals surface area contributed by atoms with Crippen molar-refractivity contribution in [3.8, 4) is 0 Å². The summed E-state index contributed by atoms with van der Waals surface area (Å²) in [5, 5.41) is 7.44. The minimum atomic E-state index is -0.118. The minimum absolute atomic E-state index is 0.118. The van der Waals surface area contributed by atoms with Gasteiger partial charge in [0.15, 0.2) is 0 Å². The van der Waals surface area contributed by atoms with Gasteiger partial charge in [-0.3, -0.25) is 4.79 Å². The molecule has 4 nitrogen and oxygen atoms in total. The topological polar surface area (TPSA) is 46.9 Å². The highest BCUT2D eigenvalue weighted by atomic mass is 79.9. The van der Waals surface area contributed by atoms with Crippen LogP contribution < -0.4 is 10.9 Å². The summed E-state index contributed by atoms with van der Waals surface area (Å²) in [5.74, 6) is 0. The molecule has 1 heterocycles. The van der Waals surface area contributed by atoms with Crippen LogP contribution in [0.5, 0.6) is 0 Å². The van der Waals surface area contributed by atoms with Gasteiger partial charge in [-0.2, -0.15) is 5.10 Å². The number of hydrogen-bond acceptors (Lipinski definition) is 3. The first-order chi connectivity index (χ1) is 10.1. The van der Waals surface area contributed by atoms with E-state index in [1.54, 1.807) is 13.2 Å². The molecule has 1 aromatic heterocycles. The summed E-state index contributed by atoms with van der Waals surface area (Å²) in [5.41, 5.74) is 2.35. The van der Waals surface area contributed by atoms with Gasteiger partial charge in [-0.15, -0.1) is 0 Å². The zero-order valence-electron chi connectivity index (χ0n) is 12.0. The molecule has 110 valence electrons. The molecule has 0 spiro atoms. The van der Waals surface area contributed by atoms with Crippen LogP contribution in [0, 0.1) is 5.41 Å². The maximum absolute atomic E-state index is 11.8. The van der Waals surface area contributed by atoms with Gasteiger partial charge < -0.3 is 5.32 Å². The second kappa shape index (κ2) is 5.64. The molecule has 0 amide bonds. The zero-order chi connectivity index (χ0) is 14.9. The lowest BCUT2D eigenvalue weighted by molar-refractivity contribution is 0.538. The molecule has 0 atom stereocenters. The molecular weight excluding hydrogens is 330 g/mol. The molecular formula is C16H18BrN3O. The van der Waals surface area contributed by atoms with E-state index < -0.39 is 0 Å². The number of nitrogens with one attached hydrogen (secondary N) is 1. The summed E-state index contributed by atoms with van der Waals surface area (Å²) in [6.07, 6.45) is 5.23. The quantitative estimate of drug-likeness (QED) is 0.904. The molecule has 21 heavy (non-hydrogen) atoms. The van der Waals surface area contributed by atoms with Crippen molar-refractivity contribution in [3.63, 3.8) is 0 Å². The molecule has 5 heteroatoms. The average molecular weight is 348 g/mol. The summed E-state index contributed by atoms with van der Waals surface area (Å²) in [6.45, 7) is 0.870. The van der Waals surface area contributed by atoms with Crippen molar-refractivity contribution >= 4 is 21.6 Å². The highest BCUT2D eigenvalue weighted by molar-refractivity contribution is 9.10. The average Bonchev–Trinajstić information content (AvgIpc) is 3.25. The molecule has 1 aliphatic carbocycles. The smallest absolute Gasteiger partial charge is 0.282 e. The standard InChI is InChI=1S/C16H18BrN3O/c1-20-15(21)14(17)13(10-19-20)18-11-16(7-8-16)9-12-5-3-2-4-6-12/h2-6,10,18H,7-9,11H2,1H3. The van der Waals surface area contributed by atoms with Crippen LogP contribution in [-0.4, -0.2) is 16.3 Å². The van der Waals surface area contributed by atoms with E-state index in [2.05, 4.69) is 50.6 Å². The van der Waals surface area contributed by atoms with Crippen molar-refractivity contribution in [1.82, 2.24) is 9.78 Å².